The number of nitrogens with two attached hydrogens (primary N) is 1. The third-order valence-corrected chi connectivity index (χ3v) is 3.79. The second-order valence-electron chi connectivity index (χ2n) is 5.19. The Bertz CT molecular complexity index is 543. The number of hydrogen-bond donors (Lipinski definition) is 1. The van der Waals surface area contributed by atoms with Crippen molar-refractivity contribution in [1.29, 1.82) is 0 Å². The van der Waals surface area contributed by atoms with Crippen LogP contribution in [0.25, 0.3) is 11.1 Å². The summed E-state index contributed by atoms with van der Waals surface area (Å²) in [5.74, 6) is 0.782. The molecule has 96 valence electrons. The second kappa shape index (κ2) is 4.61. The van der Waals surface area contributed by atoms with E-state index in [4.69, 9.17) is 10.2 Å². The van der Waals surface area contributed by atoms with Crippen LogP contribution in [0.5, 0.6) is 0 Å². The van der Waals surface area contributed by atoms with Crippen molar-refractivity contribution in [3.05, 3.63) is 24.1 Å². The van der Waals surface area contributed by atoms with Gasteiger partial charge in [0.2, 0.25) is 5.89 Å². The highest BCUT2D eigenvalue weighted by molar-refractivity contribution is 5.76. The molecule has 0 unspecified atom stereocenters. The lowest BCUT2D eigenvalue weighted by Crippen LogP contribution is -2.28. The van der Waals surface area contributed by atoms with E-state index in [9.17, 15) is 0 Å². The monoisotopic (exact) mass is 245 g/mol. The SMILES string of the molecule is CN(Cc1nc2ccc(N)cc2o1)C1CCCC1. The number of nitrogen functional groups attached to an aromatic ring is 1. The zero-order valence-electron chi connectivity index (χ0n) is 10.7. The van der Waals surface area contributed by atoms with Crippen molar-refractivity contribution in [2.75, 3.05) is 12.8 Å². The van der Waals surface area contributed by atoms with Crippen molar-refractivity contribution in [2.24, 2.45) is 0 Å². The molecule has 0 aliphatic heterocycles. The van der Waals surface area contributed by atoms with E-state index in [0.29, 0.717) is 11.7 Å². The van der Waals surface area contributed by atoms with E-state index in [-0.39, 0.29) is 0 Å². The van der Waals surface area contributed by atoms with Gasteiger partial charge in [0.05, 0.1) is 6.54 Å². The Labute approximate surface area is 107 Å². The van der Waals surface area contributed by atoms with E-state index in [1.807, 2.05) is 18.2 Å². The van der Waals surface area contributed by atoms with Gasteiger partial charge in [-0.05, 0) is 32.0 Å². The Balaban J connectivity index is 1.77. The highest BCUT2D eigenvalue weighted by Gasteiger charge is 2.21. The van der Waals surface area contributed by atoms with Gasteiger partial charge in [0.15, 0.2) is 5.58 Å². The minimum atomic E-state index is 0.685. The van der Waals surface area contributed by atoms with Gasteiger partial charge in [-0.3, -0.25) is 4.90 Å². The van der Waals surface area contributed by atoms with Crippen LogP contribution in [0.15, 0.2) is 22.6 Å². The fourth-order valence-corrected chi connectivity index (χ4v) is 2.74. The molecule has 3 rings (SSSR count). The number of aromatic nitrogens is 1. The van der Waals surface area contributed by atoms with Crippen LogP contribution < -0.4 is 5.73 Å². The number of benzene rings is 1. The van der Waals surface area contributed by atoms with E-state index in [1.54, 1.807) is 0 Å². The average Bonchev–Trinajstić information content (AvgIpc) is 2.95. The number of hydrogen-bond acceptors (Lipinski definition) is 4. The maximum Gasteiger partial charge on any atom is 0.209 e. The zero-order chi connectivity index (χ0) is 12.5. The predicted molar refractivity (Wildman–Crippen MR) is 72.1 cm³/mol. The van der Waals surface area contributed by atoms with Gasteiger partial charge < -0.3 is 10.2 Å². The Morgan fingerprint density at radius 1 is 1.39 bits per heavy atom. The number of rotatable bonds is 3. The molecule has 0 radical (unpaired) electrons. The fourth-order valence-electron chi connectivity index (χ4n) is 2.74. The van der Waals surface area contributed by atoms with E-state index in [2.05, 4.69) is 16.9 Å². The van der Waals surface area contributed by atoms with Gasteiger partial charge in [-0.1, -0.05) is 12.8 Å². The van der Waals surface area contributed by atoms with Crippen LogP contribution in [-0.2, 0) is 6.54 Å². The van der Waals surface area contributed by atoms with Crippen LogP contribution in [0.4, 0.5) is 5.69 Å². The largest absolute Gasteiger partial charge is 0.439 e. The van der Waals surface area contributed by atoms with Gasteiger partial charge in [0, 0.05) is 17.8 Å². The summed E-state index contributed by atoms with van der Waals surface area (Å²) in [7, 11) is 2.15. The molecular formula is C14H19N3O. The molecule has 0 bridgehead atoms. The number of anilines is 1. The van der Waals surface area contributed by atoms with Crippen LogP contribution in [0.2, 0.25) is 0 Å². The lowest BCUT2D eigenvalue weighted by molar-refractivity contribution is 0.217. The molecular weight excluding hydrogens is 226 g/mol. The normalized spacial score (nSPS) is 17.0. The highest BCUT2D eigenvalue weighted by atomic mass is 16.3. The summed E-state index contributed by atoms with van der Waals surface area (Å²) in [5, 5.41) is 0. The first-order valence-corrected chi connectivity index (χ1v) is 6.57. The molecule has 0 atom stereocenters. The Morgan fingerprint density at radius 3 is 2.94 bits per heavy atom. The smallest absolute Gasteiger partial charge is 0.209 e. The van der Waals surface area contributed by atoms with E-state index < -0.39 is 0 Å². The Kier molecular flexibility index (Phi) is 2.96. The second-order valence-corrected chi connectivity index (χ2v) is 5.19. The molecule has 18 heavy (non-hydrogen) atoms. The van der Waals surface area contributed by atoms with E-state index in [1.165, 1.54) is 25.7 Å². The topological polar surface area (TPSA) is 55.3 Å². The first kappa shape index (κ1) is 11.5. The van der Waals surface area contributed by atoms with E-state index >= 15 is 0 Å². The molecule has 2 aromatic rings. The highest BCUT2D eigenvalue weighted by Crippen LogP contribution is 2.25. The minimum Gasteiger partial charge on any atom is -0.439 e. The maximum atomic E-state index is 5.75. The van der Waals surface area contributed by atoms with Crippen LogP contribution in [0, 0.1) is 0 Å². The summed E-state index contributed by atoms with van der Waals surface area (Å²) in [6.07, 6.45) is 5.28. The van der Waals surface area contributed by atoms with Crippen LogP contribution in [0.3, 0.4) is 0 Å². The predicted octanol–water partition coefficient (Wildman–Crippen LogP) is 2.78. The number of fused-ring (bicyclic) bond motifs is 1. The molecule has 1 aromatic carbocycles. The fraction of sp³-hybridized carbons (Fsp3) is 0.500. The number of nitrogens with zero attached hydrogens (tertiary/aromatic N) is 2. The van der Waals surface area contributed by atoms with Crippen LogP contribution >= 0.6 is 0 Å². The minimum absolute atomic E-state index is 0.685. The molecule has 0 spiro atoms. The molecule has 0 saturated heterocycles. The molecule has 4 nitrogen and oxygen atoms in total. The van der Waals surface area contributed by atoms with Gasteiger partial charge >= 0.3 is 0 Å². The summed E-state index contributed by atoms with van der Waals surface area (Å²) >= 11 is 0. The van der Waals surface area contributed by atoms with Gasteiger partial charge in [-0.15, -0.1) is 0 Å². The molecule has 2 N–H and O–H groups in total. The zero-order valence-corrected chi connectivity index (χ0v) is 10.7. The van der Waals surface area contributed by atoms with E-state index in [0.717, 1.165) is 23.5 Å². The molecule has 0 amide bonds. The maximum absolute atomic E-state index is 5.75. The molecule has 1 fully saturated rings. The summed E-state index contributed by atoms with van der Waals surface area (Å²) in [4.78, 5) is 6.85. The average molecular weight is 245 g/mol. The lowest BCUT2D eigenvalue weighted by atomic mass is 10.2. The van der Waals surface area contributed by atoms with Crippen molar-refractivity contribution >= 4 is 16.8 Å². The van der Waals surface area contributed by atoms with Gasteiger partial charge in [-0.2, -0.15) is 0 Å². The van der Waals surface area contributed by atoms with Gasteiger partial charge in [0.25, 0.3) is 0 Å². The van der Waals surface area contributed by atoms with Crippen LogP contribution in [0.1, 0.15) is 31.6 Å². The summed E-state index contributed by atoms with van der Waals surface area (Å²) in [6, 6.07) is 6.29. The third-order valence-electron chi connectivity index (χ3n) is 3.79. The summed E-state index contributed by atoms with van der Waals surface area (Å²) in [6.45, 7) is 0.777. The third kappa shape index (κ3) is 2.20. The number of oxazole rings is 1. The molecule has 1 aromatic heterocycles. The quantitative estimate of drug-likeness (QED) is 0.845. The molecule has 1 aliphatic rings. The standard InChI is InChI=1S/C14H19N3O/c1-17(11-4-2-3-5-11)9-14-16-12-7-6-10(15)8-13(12)18-14/h6-8,11H,2-5,9,15H2,1H3. The van der Waals surface area contributed by atoms with Crippen molar-refractivity contribution in [3.63, 3.8) is 0 Å². The first-order valence-electron chi connectivity index (χ1n) is 6.57. The van der Waals surface area contributed by atoms with Crippen molar-refractivity contribution in [3.8, 4) is 0 Å². The Hall–Kier alpha value is -1.55. The molecule has 4 heteroatoms. The van der Waals surface area contributed by atoms with Crippen LogP contribution in [-0.4, -0.2) is 23.0 Å². The Morgan fingerprint density at radius 2 is 2.17 bits per heavy atom. The van der Waals surface area contributed by atoms with Gasteiger partial charge in [0.1, 0.15) is 5.52 Å². The lowest BCUT2D eigenvalue weighted by Gasteiger charge is -2.21. The van der Waals surface area contributed by atoms with Crippen molar-refractivity contribution in [2.45, 2.75) is 38.3 Å². The first-order chi connectivity index (χ1) is 8.72. The summed E-state index contributed by atoms with van der Waals surface area (Å²) in [5.41, 5.74) is 8.12. The molecule has 1 saturated carbocycles. The molecule has 1 heterocycles. The van der Waals surface area contributed by atoms with Crippen molar-refractivity contribution < 1.29 is 4.42 Å². The van der Waals surface area contributed by atoms with Gasteiger partial charge in [-0.25, -0.2) is 4.98 Å². The van der Waals surface area contributed by atoms with Crippen molar-refractivity contribution in [1.82, 2.24) is 9.88 Å². The molecule has 1 aliphatic carbocycles. The summed E-state index contributed by atoms with van der Waals surface area (Å²) < 4.78 is 5.75.